The monoisotopic (exact) mass is 358 g/mol. The predicted octanol–water partition coefficient (Wildman–Crippen LogP) is -3.77. The maximum atomic E-state index is 11.9. The van der Waals surface area contributed by atoms with Crippen LogP contribution in [-0.4, -0.2) is 61.6 Å². The molecule has 2 atom stereocenters. The summed E-state index contributed by atoms with van der Waals surface area (Å²) >= 11 is 0. The van der Waals surface area contributed by atoms with Gasteiger partial charge in [0.1, 0.15) is 12.3 Å². The van der Waals surface area contributed by atoms with Crippen molar-refractivity contribution in [3.05, 3.63) is 0 Å². The molecule has 142 valence electrons. The van der Waals surface area contributed by atoms with Gasteiger partial charge in [-0.3, -0.25) is 19.2 Å². The van der Waals surface area contributed by atoms with Crippen LogP contribution < -0.4 is 33.2 Å². The molecular weight excluding hydrogens is 332 g/mol. The average Bonchev–Trinajstić information content (AvgIpc) is 2.58. The quantitative estimate of drug-likeness (QED) is 0.181. The summed E-state index contributed by atoms with van der Waals surface area (Å²) in [5.41, 5.74) is 16.0. The third-order valence-electron chi connectivity index (χ3n) is 3.17. The summed E-state index contributed by atoms with van der Waals surface area (Å²) in [5.74, 6) is -2.42. The van der Waals surface area contributed by atoms with Gasteiger partial charge < -0.3 is 37.9 Å². The number of carbonyl (C=O) groups excluding carboxylic acids is 5. The van der Waals surface area contributed by atoms with E-state index in [1.807, 2.05) is 0 Å². The second-order valence-corrected chi connectivity index (χ2v) is 5.29. The molecule has 9 N–H and O–H groups in total. The van der Waals surface area contributed by atoms with E-state index >= 15 is 0 Å². The lowest BCUT2D eigenvalue weighted by molar-refractivity contribution is -0.130. The highest BCUT2D eigenvalue weighted by atomic mass is 16.2. The molecule has 0 aliphatic heterocycles. The molecule has 0 fully saturated rings. The van der Waals surface area contributed by atoms with Crippen LogP contribution >= 0.6 is 0 Å². The molecule has 0 saturated heterocycles. The molecule has 0 bridgehead atoms. The van der Waals surface area contributed by atoms with E-state index in [9.17, 15) is 24.0 Å². The van der Waals surface area contributed by atoms with Crippen molar-refractivity contribution in [3.8, 4) is 0 Å². The summed E-state index contributed by atoms with van der Waals surface area (Å²) < 4.78 is 0. The molecule has 0 unspecified atom stereocenters. The zero-order valence-electron chi connectivity index (χ0n) is 14.0. The Hall–Kier alpha value is -2.53. The highest BCUT2D eigenvalue weighted by Crippen LogP contribution is 1.98. The number of hydrogen-bond acceptors (Lipinski definition) is 7. The Kier molecular flexibility index (Phi) is 11.5. The normalized spacial score (nSPS) is 12.6. The van der Waals surface area contributed by atoms with Gasteiger partial charge in [-0.1, -0.05) is 0 Å². The van der Waals surface area contributed by atoms with E-state index < -0.39 is 35.7 Å². The fourth-order valence-electron chi connectivity index (χ4n) is 1.83. The lowest BCUT2D eigenvalue weighted by Gasteiger charge is -2.18. The molecule has 11 heteroatoms. The summed E-state index contributed by atoms with van der Waals surface area (Å²) in [7, 11) is 0. The van der Waals surface area contributed by atoms with Crippen molar-refractivity contribution in [1.82, 2.24) is 16.0 Å². The minimum Gasteiger partial charge on any atom is -0.370 e. The minimum atomic E-state index is -1.05. The van der Waals surface area contributed by atoms with E-state index in [2.05, 4.69) is 16.0 Å². The van der Waals surface area contributed by atoms with Crippen LogP contribution in [0.3, 0.4) is 0 Å². The topological polar surface area (TPSA) is 200 Å². The predicted molar refractivity (Wildman–Crippen MR) is 88.7 cm³/mol. The van der Waals surface area contributed by atoms with E-state index in [1.54, 1.807) is 0 Å². The number of primary amides is 1. The third kappa shape index (κ3) is 10.8. The number of aldehydes is 1. The van der Waals surface area contributed by atoms with Crippen molar-refractivity contribution in [2.24, 2.45) is 17.2 Å². The Morgan fingerprint density at radius 1 is 1.04 bits per heavy atom. The van der Waals surface area contributed by atoms with Crippen LogP contribution in [0.2, 0.25) is 0 Å². The minimum absolute atomic E-state index is 0.0320. The number of rotatable bonds is 13. The van der Waals surface area contributed by atoms with Crippen LogP contribution in [0.15, 0.2) is 0 Å². The van der Waals surface area contributed by atoms with E-state index in [1.165, 1.54) is 0 Å². The maximum absolute atomic E-state index is 11.9. The van der Waals surface area contributed by atoms with Gasteiger partial charge in [-0.2, -0.15) is 0 Å². The highest BCUT2D eigenvalue weighted by molar-refractivity contribution is 5.91. The van der Waals surface area contributed by atoms with E-state index in [-0.39, 0.29) is 25.9 Å². The first kappa shape index (κ1) is 22.5. The second-order valence-electron chi connectivity index (χ2n) is 5.29. The second kappa shape index (κ2) is 12.8. The van der Waals surface area contributed by atoms with Crippen molar-refractivity contribution in [2.45, 2.75) is 37.8 Å². The molecule has 0 radical (unpaired) electrons. The summed E-state index contributed by atoms with van der Waals surface area (Å²) in [4.78, 5) is 56.6. The van der Waals surface area contributed by atoms with Crippen molar-refractivity contribution in [1.29, 1.82) is 0 Å². The number of hydrogen-bond donors (Lipinski definition) is 6. The standard InChI is InChI=1S/C14H26N6O5/c15-5-1-2-9(16)13(24)19-8-12(23)20-10(3-4-11(17)22)14(25)18-6-7-21/h7,9-10H,1-6,8,15-16H2,(H2,17,22)(H,18,25)(H,19,24)(H,20,23)/t9-,10-/m0/s1. The number of carbonyl (C=O) groups is 5. The van der Waals surface area contributed by atoms with Gasteiger partial charge in [-0.05, 0) is 25.8 Å². The molecule has 0 heterocycles. The van der Waals surface area contributed by atoms with Crippen LogP contribution in [0.5, 0.6) is 0 Å². The Labute approximate surface area is 145 Å². The molecule has 0 aromatic rings. The fraction of sp³-hybridized carbons (Fsp3) is 0.643. The molecule has 11 nitrogen and oxygen atoms in total. The van der Waals surface area contributed by atoms with Crippen molar-refractivity contribution >= 4 is 29.9 Å². The zero-order valence-corrected chi connectivity index (χ0v) is 14.0. The molecule has 0 aliphatic rings. The summed E-state index contributed by atoms with van der Waals surface area (Å²) in [6.07, 6.45) is 1.28. The summed E-state index contributed by atoms with van der Waals surface area (Å²) in [6, 6.07) is -1.83. The lowest BCUT2D eigenvalue weighted by Crippen LogP contribution is -2.51. The molecule has 0 aromatic heterocycles. The highest BCUT2D eigenvalue weighted by Gasteiger charge is 2.21. The van der Waals surface area contributed by atoms with Gasteiger partial charge in [-0.25, -0.2) is 0 Å². The largest absolute Gasteiger partial charge is 0.370 e. The van der Waals surface area contributed by atoms with Crippen LogP contribution in [0.4, 0.5) is 0 Å². The molecular formula is C14H26N6O5. The van der Waals surface area contributed by atoms with Gasteiger partial charge in [0.2, 0.25) is 23.6 Å². The van der Waals surface area contributed by atoms with Crippen LogP contribution in [0.1, 0.15) is 25.7 Å². The average molecular weight is 358 g/mol. The van der Waals surface area contributed by atoms with Crippen molar-refractivity contribution in [2.75, 3.05) is 19.6 Å². The maximum Gasteiger partial charge on any atom is 0.242 e. The van der Waals surface area contributed by atoms with Gasteiger partial charge in [0.25, 0.3) is 0 Å². The molecule has 0 aromatic carbocycles. The lowest BCUT2D eigenvalue weighted by atomic mass is 10.1. The molecule has 4 amide bonds. The number of amides is 4. The van der Waals surface area contributed by atoms with Crippen LogP contribution in [0.25, 0.3) is 0 Å². The Bertz CT molecular complexity index is 484. The van der Waals surface area contributed by atoms with E-state index in [0.29, 0.717) is 25.7 Å². The molecule has 0 aliphatic carbocycles. The number of nitrogens with two attached hydrogens (primary N) is 3. The summed E-state index contributed by atoms with van der Waals surface area (Å²) in [5, 5.41) is 6.99. The molecule has 0 spiro atoms. The van der Waals surface area contributed by atoms with E-state index in [0.717, 1.165) is 0 Å². The third-order valence-corrected chi connectivity index (χ3v) is 3.17. The van der Waals surface area contributed by atoms with Crippen LogP contribution in [0, 0.1) is 0 Å². The van der Waals surface area contributed by atoms with Crippen molar-refractivity contribution in [3.63, 3.8) is 0 Å². The van der Waals surface area contributed by atoms with Crippen LogP contribution in [-0.2, 0) is 24.0 Å². The van der Waals surface area contributed by atoms with Gasteiger partial charge in [-0.15, -0.1) is 0 Å². The first-order chi connectivity index (χ1) is 11.8. The smallest absolute Gasteiger partial charge is 0.242 e. The SMILES string of the molecule is NCCC[C@H](N)C(=O)NCC(=O)N[C@@H](CCC(N)=O)C(=O)NCC=O. The van der Waals surface area contributed by atoms with Gasteiger partial charge in [0, 0.05) is 6.42 Å². The summed E-state index contributed by atoms with van der Waals surface area (Å²) in [6.45, 7) is -0.212. The number of nitrogens with one attached hydrogen (secondary N) is 3. The first-order valence-electron chi connectivity index (χ1n) is 7.84. The van der Waals surface area contributed by atoms with Crippen molar-refractivity contribution < 1.29 is 24.0 Å². The first-order valence-corrected chi connectivity index (χ1v) is 7.84. The van der Waals surface area contributed by atoms with E-state index in [4.69, 9.17) is 17.2 Å². The van der Waals surface area contributed by atoms with Gasteiger partial charge in [0.05, 0.1) is 19.1 Å². The van der Waals surface area contributed by atoms with Gasteiger partial charge in [0.15, 0.2) is 0 Å². The Balaban J connectivity index is 4.48. The molecule has 0 rings (SSSR count). The zero-order chi connectivity index (χ0) is 19.2. The molecule has 25 heavy (non-hydrogen) atoms. The Morgan fingerprint density at radius 3 is 2.28 bits per heavy atom. The fourth-order valence-corrected chi connectivity index (χ4v) is 1.83. The molecule has 0 saturated carbocycles. The Morgan fingerprint density at radius 2 is 1.72 bits per heavy atom. The van der Waals surface area contributed by atoms with Gasteiger partial charge >= 0.3 is 0 Å².